The minimum Gasteiger partial charge on any atom is -0.530 e. The van der Waals surface area contributed by atoms with Crippen molar-refractivity contribution in [2.24, 2.45) is 0 Å². The predicted octanol–water partition coefficient (Wildman–Crippen LogP) is 4.38. The summed E-state index contributed by atoms with van der Waals surface area (Å²) in [4.78, 5) is 41.0. The number of Topliss-reactive ketones (excluding diaryl/α,β-unsaturated/α-hetero) is 1. The number of benzene rings is 2. The van der Waals surface area contributed by atoms with Gasteiger partial charge in [0.05, 0.1) is 30.0 Å². The Hall–Kier alpha value is -4.45. The number of halogens is 3. The van der Waals surface area contributed by atoms with E-state index in [2.05, 4.69) is 10.3 Å². The Kier molecular flexibility index (Phi) is 9.25. The standard InChI is InChI=1S/C27H26F3N3O6/c1-15-9-19(10-16(2)31-15)17-5-4-6-18(11-17)23(34)14-25(35)32-21-12-20(27(28,29)30)24(39-8-7-38-3)13-22(21)33-26(36)37/h4-6,9-13,33H,7-8,14H2,1-3H3,(H,32,35)(H,36,37)/p-1. The van der Waals surface area contributed by atoms with Gasteiger partial charge in [0, 0.05) is 30.1 Å². The fourth-order valence-corrected chi connectivity index (χ4v) is 3.79. The first kappa shape index (κ1) is 29.1. The zero-order valence-corrected chi connectivity index (χ0v) is 21.3. The molecule has 0 saturated heterocycles. The highest BCUT2D eigenvalue weighted by molar-refractivity contribution is 6.12. The van der Waals surface area contributed by atoms with Gasteiger partial charge in [-0.25, -0.2) is 0 Å². The molecule has 2 aromatic carbocycles. The number of carbonyl (C=O) groups excluding carboxylic acids is 3. The van der Waals surface area contributed by atoms with Crippen LogP contribution >= 0.6 is 0 Å². The van der Waals surface area contributed by atoms with Crippen molar-refractivity contribution < 1.29 is 42.1 Å². The minimum atomic E-state index is -4.90. The second-order valence-electron chi connectivity index (χ2n) is 8.51. The molecule has 12 heteroatoms. The summed E-state index contributed by atoms with van der Waals surface area (Å²) in [7, 11) is 1.33. The molecular formula is C27H25F3N3O6-. The number of hydrogen-bond donors (Lipinski definition) is 2. The van der Waals surface area contributed by atoms with Gasteiger partial charge in [0.2, 0.25) is 5.91 Å². The van der Waals surface area contributed by atoms with E-state index in [9.17, 15) is 32.7 Å². The number of carbonyl (C=O) groups is 3. The molecule has 0 atom stereocenters. The summed E-state index contributed by atoms with van der Waals surface area (Å²) in [6.45, 7) is 3.40. The molecule has 1 heterocycles. The summed E-state index contributed by atoms with van der Waals surface area (Å²) in [5, 5.41) is 15.2. The number of rotatable bonds is 10. The van der Waals surface area contributed by atoms with E-state index >= 15 is 0 Å². The number of aromatic nitrogens is 1. The Morgan fingerprint density at radius 2 is 1.59 bits per heavy atom. The molecule has 0 aliphatic heterocycles. The highest BCUT2D eigenvalue weighted by Gasteiger charge is 2.36. The monoisotopic (exact) mass is 544 g/mol. The first-order valence-corrected chi connectivity index (χ1v) is 11.6. The Morgan fingerprint density at radius 1 is 0.923 bits per heavy atom. The molecule has 0 fully saturated rings. The van der Waals surface area contributed by atoms with Crippen molar-refractivity contribution in [2.75, 3.05) is 31.0 Å². The fourth-order valence-electron chi connectivity index (χ4n) is 3.79. The van der Waals surface area contributed by atoms with Crippen LogP contribution in [-0.4, -0.2) is 43.1 Å². The molecular weight excluding hydrogens is 519 g/mol. The Bertz CT molecular complexity index is 1370. The molecule has 206 valence electrons. The van der Waals surface area contributed by atoms with Crippen molar-refractivity contribution >= 4 is 29.2 Å². The van der Waals surface area contributed by atoms with E-state index in [4.69, 9.17) is 9.47 Å². The first-order chi connectivity index (χ1) is 18.4. The van der Waals surface area contributed by atoms with Crippen LogP contribution in [0.5, 0.6) is 5.75 Å². The average Bonchev–Trinajstić information content (AvgIpc) is 2.84. The molecule has 2 N–H and O–H groups in total. The fraction of sp³-hybridized carbons (Fsp3) is 0.259. The van der Waals surface area contributed by atoms with Crippen LogP contribution in [0.3, 0.4) is 0 Å². The molecule has 3 rings (SSSR count). The number of carboxylic acid groups (broad SMARTS) is 1. The van der Waals surface area contributed by atoms with E-state index in [1.54, 1.807) is 18.2 Å². The van der Waals surface area contributed by atoms with Crippen molar-refractivity contribution in [3.05, 3.63) is 71.0 Å². The van der Waals surface area contributed by atoms with E-state index < -0.39 is 53.1 Å². The molecule has 0 spiro atoms. The average molecular weight is 545 g/mol. The molecule has 0 aliphatic rings. The Balaban J connectivity index is 1.85. The predicted molar refractivity (Wildman–Crippen MR) is 135 cm³/mol. The normalized spacial score (nSPS) is 11.1. The highest BCUT2D eigenvalue weighted by atomic mass is 19.4. The molecule has 0 aliphatic carbocycles. The highest BCUT2D eigenvalue weighted by Crippen LogP contribution is 2.41. The SMILES string of the molecule is COCCOc1cc(NC(=O)[O-])c(NC(=O)CC(=O)c2cccc(-c3cc(C)nc(C)c3)c2)cc1C(F)(F)F. The van der Waals surface area contributed by atoms with Crippen LogP contribution in [0.4, 0.5) is 29.3 Å². The number of aryl methyl sites for hydroxylation is 2. The molecule has 0 saturated carbocycles. The van der Waals surface area contributed by atoms with Gasteiger partial charge < -0.3 is 30.0 Å². The quantitative estimate of drug-likeness (QED) is 0.220. The van der Waals surface area contributed by atoms with E-state index in [-0.39, 0.29) is 18.8 Å². The maximum absolute atomic E-state index is 13.7. The van der Waals surface area contributed by atoms with Gasteiger partial charge in [0.15, 0.2) is 5.78 Å². The van der Waals surface area contributed by atoms with Gasteiger partial charge in [-0.05, 0) is 49.2 Å². The van der Waals surface area contributed by atoms with Gasteiger partial charge in [0.25, 0.3) is 0 Å². The molecule has 39 heavy (non-hydrogen) atoms. The molecule has 9 nitrogen and oxygen atoms in total. The lowest BCUT2D eigenvalue weighted by Gasteiger charge is -2.20. The van der Waals surface area contributed by atoms with Gasteiger partial charge in [-0.15, -0.1) is 0 Å². The van der Waals surface area contributed by atoms with Crippen molar-refractivity contribution in [3.63, 3.8) is 0 Å². The van der Waals surface area contributed by atoms with E-state index in [0.29, 0.717) is 11.6 Å². The summed E-state index contributed by atoms with van der Waals surface area (Å²) in [5.41, 5.74) is 1.10. The zero-order valence-electron chi connectivity index (χ0n) is 21.3. The summed E-state index contributed by atoms with van der Waals surface area (Å²) in [5.74, 6) is -2.24. The number of pyridine rings is 1. The third kappa shape index (κ3) is 8.01. The number of ketones is 1. The number of hydrogen-bond acceptors (Lipinski definition) is 7. The molecule has 3 aromatic rings. The molecule has 0 radical (unpaired) electrons. The largest absolute Gasteiger partial charge is 0.530 e. The smallest absolute Gasteiger partial charge is 0.420 e. The van der Waals surface area contributed by atoms with E-state index in [0.717, 1.165) is 23.0 Å². The first-order valence-electron chi connectivity index (χ1n) is 11.6. The summed E-state index contributed by atoms with van der Waals surface area (Å²) in [6, 6.07) is 11.5. The number of methoxy groups -OCH3 is 1. The lowest BCUT2D eigenvalue weighted by molar-refractivity contribution is -0.242. The van der Waals surface area contributed by atoms with Crippen molar-refractivity contribution in [2.45, 2.75) is 26.4 Å². The van der Waals surface area contributed by atoms with Crippen LogP contribution in [0, 0.1) is 13.8 Å². The third-order valence-electron chi connectivity index (χ3n) is 5.40. The molecule has 0 unspecified atom stereocenters. The second-order valence-corrected chi connectivity index (χ2v) is 8.51. The van der Waals surface area contributed by atoms with Crippen LogP contribution in [0.25, 0.3) is 11.1 Å². The maximum Gasteiger partial charge on any atom is 0.420 e. The van der Waals surface area contributed by atoms with E-state index in [1.165, 1.54) is 13.2 Å². The van der Waals surface area contributed by atoms with Gasteiger partial charge in [-0.2, -0.15) is 13.2 Å². The molecule has 0 bridgehead atoms. The number of nitrogens with zero attached hydrogens (tertiary/aromatic N) is 1. The lowest BCUT2D eigenvalue weighted by atomic mass is 9.99. The topological polar surface area (TPSA) is 130 Å². The summed E-state index contributed by atoms with van der Waals surface area (Å²) in [6.07, 6.45) is -7.44. The van der Waals surface area contributed by atoms with Crippen LogP contribution in [0.15, 0.2) is 48.5 Å². The van der Waals surface area contributed by atoms with Gasteiger partial charge in [-0.1, -0.05) is 18.2 Å². The number of amides is 2. The van der Waals surface area contributed by atoms with Crippen LogP contribution in [0.1, 0.15) is 33.7 Å². The second kappa shape index (κ2) is 12.4. The third-order valence-corrected chi connectivity index (χ3v) is 5.40. The number of anilines is 2. The van der Waals surface area contributed by atoms with Crippen molar-refractivity contribution in [1.29, 1.82) is 0 Å². The minimum absolute atomic E-state index is 0.0251. The van der Waals surface area contributed by atoms with Gasteiger partial charge >= 0.3 is 6.18 Å². The van der Waals surface area contributed by atoms with Crippen LogP contribution < -0.4 is 20.5 Å². The van der Waals surface area contributed by atoms with Crippen LogP contribution in [-0.2, 0) is 15.7 Å². The molecule has 2 amide bonds. The van der Waals surface area contributed by atoms with E-state index in [1.807, 2.05) is 31.3 Å². The zero-order chi connectivity index (χ0) is 28.7. The maximum atomic E-state index is 13.7. The van der Waals surface area contributed by atoms with Crippen molar-refractivity contribution in [1.82, 2.24) is 4.98 Å². The molecule has 1 aromatic heterocycles. The summed E-state index contributed by atoms with van der Waals surface area (Å²) >= 11 is 0. The van der Waals surface area contributed by atoms with Gasteiger partial charge in [-0.3, -0.25) is 14.6 Å². The summed E-state index contributed by atoms with van der Waals surface area (Å²) < 4.78 is 51.0. The lowest BCUT2D eigenvalue weighted by Crippen LogP contribution is -2.29. The van der Waals surface area contributed by atoms with Gasteiger partial charge in [0.1, 0.15) is 18.4 Å². The Morgan fingerprint density at radius 3 is 2.21 bits per heavy atom. The van der Waals surface area contributed by atoms with Crippen molar-refractivity contribution in [3.8, 4) is 16.9 Å². The Labute approximate surface area is 222 Å². The number of ether oxygens (including phenoxy) is 2. The number of alkyl halides is 3. The van der Waals surface area contributed by atoms with Crippen LogP contribution in [0.2, 0.25) is 0 Å². The number of nitrogens with one attached hydrogen (secondary N) is 2.